The maximum absolute atomic E-state index is 13.2. The summed E-state index contributed by atoms with van der Waals surface area (Å²) in [5.74, 6) is -2.70. The standard InChI is InChI=1S/C21H18FN3O6/c1-2-30-21(29)14-17(26)15-16-18(31-13(19(23)27)9-25(16)20(14)28)11(8-24-15)7-10-3-5-12(22)6-4-10/h3-6,8,13,26H,2,7,9H2,1H3,(H2,23,27)/t13-/m0/s1. The zero-order valence-electron chi connectivity index (χ0n) is 16.4. The summed E-state index contributed by atoms with van der Waals surface area (Å²) in [6.45, 7) is 1.30. The Morgan fingerprint density at radius 3 is 2.71 bits per heavy atom. The van der Waals surface area contributed by atoms with E-state index in [1.165, 1.54) is 18.3 Å². The summed E-state index contributed by atoms with van der Waals surface area (Å²) in [5, 5.41) is 10.6. The fourth-order valence-electron chi connectivity index (χ4n) is 3.54. The van der Waals surface area contributed by atoms with Crippen LogP contribution in [0.4, 0.5) is 4.39 Å². The third kappa shape index (κ3) is 3.45. The Kier molecular flexibility index (Phi) is 5.05. The van der Waals surface area contributed by atoms with Gasteiger partial charge in [-0.3, -0.25) is 19.1 Å². The van der Waals surface area contributed by atoms with Gasteiger partial charge in [0, 0.05) is 18.2 Å². The number of hydrogen-bond donors (Lipinski definition) is 2. The number of halogens is 1. The first kappa shape index (κ1) is 20.3. The van der Waals surface area contributed by atoms with E-state index in [9.17, 15) is 23.9 Å². The molecule has 1 aliphatic heterocycles. The molecule has 3 heterocycles. The van der Waals surface area contributed by atoms with Crippen LogP contribution >= 0.6 is 0 Å². The van der Waals surface area contributed by atoms with Gasteiger partial charge in [0.1, 0.15) is 16.9 Å². The zero-order valence-corrected chi connectivity index (χ0v) is 16.4. The highest BCUT2D eigenvalue weighted by atomic mass is 19.1. The Morgan fingerprint density at radius 1 is 1.35 bits per heavy atom. The van der Waals surface area contributed by atoms with Gasteiger partial charge in [-0.15, -0.1) is 0 Å². The highest BCUT2D eigenvalue weighted by Crippen LogP contribution is 2.37. The van der Waals surface area contributed by atoms with E-state index < -0.39 is 40.7 Å². The van der Waals surface area contributed by atoms with Gasteiger partial charge in [-0.05, 0) is 24.6 Å². The third-order valence-corrected chi connectivity index (χ3v) is 4.98. The lowest BCUT2D eigenvalue weighted by Crippen LogP contribution is -2.44. The molecule has 1 aromatic carbocycles. The lowest BCUT2D eigenvalue weighted by atomic mass is 10.0. The number of ether oxygens (including phenoxy) is 2. The topological polar surface area (TPSA) is 134 Å². The molecule has 1 amide bonds. The van der Waals surface area contributed by atoms with Crippen LogP contribution in [0.3, 0.4) is 0 Å². The van der Waals surface area contributed by atoms with E-state index in [2.05, 4.69) is 4.98 Å². The molecule has 0 aliphatic carbocycles. The van der Waals surface area contributed by atoms with Crippen molar-refractivity contribution < 1.29 is 28.6 Å². The molecule has 0 saturated heterocycles. The Labute approximate surface area is 174 Å². The number of amides is 1. The summed E-state index contributed by atoms with van der Waals surface area (Å²) in [7, 11) is 0. The second-order valence-corrected chi connectivity index (χ2v) is 6.98. The molecule has 9 nitrogen and oxygen atoms in total. The molecule has 1 atom stereocenters. The second kappa shape index (κ2) is 7.71. The van der Waals surface area contributed by atoms with Gasteiger partial charge in [0.15, 0.2) is 23.2 Å². The highest BCUT2D eigenvalue weighted by Gasteiger charge is 2.34. The average Bonchev–Trinajstić information content (AvgIpc) is 2.74. The van der Waals surface area contributed by atoms with Crippen LogP contribution in [0.15, 0.2) is 35.3 Å². The normalized spacial score (nSPS) is 14.8. The number of primary amides is 1. The Bertz CT molecular complexity index is 1270. The van der Waals surface area contributed by atoms with E-state index in [0.717, 1.165) is 10.1 Å². The van der Waals surface area contributed by atoms with Gasteiger partial charge in [-0.2, -0.15) is 0 Å². The minimum absolute atomic E-state index is 0.00193. The van der Waals surface area contributed by atoms with Crippen LogP contribution in [0.2, 0.25) is 0 Å². The van der Waals surface area contributed by atoms with Crippen molar-refractivity contribution in [2.24, 2.45) is 5.73 Å². The van der Waals surface area contributed by atoms with Gasteiger partial charge in [0.2, 0.25) is 0 Å². The van der Waals surface area contributed by atoms with Gasteiger partial charge in [-0.25, -0.2) is 9.18 Å². The monoisotopic (exact) mass is 427 g/mol. The third-order valence-electron chi connectivity index (χ3n) is 4.98. The quantitative estimate of drug-likeness (QED) is 0.586. The number of carbonyl (C=O) groups excluding carboxylic acids is 2. The van der Waals surface area contributed by atoms with Gasteiger partial charge >= 0.3 is 5.97 Å². The van der Waals surface area contributed by atoms with Gasteiger partial charge in [-0.1, -0.05) is 12.1 Å². The number of aromatic hydroxyl groups is 1. The van der Waals surface area contributed by atoms with Crippen LogP contribution in [0.5, 0.6) is 11.5 Å². The van der Waals surface area contributed by atoms with Gasteiger partial charge in [0.05, 0.1) is 13.2 Å². The molecule has 10 heteroatoms. The molecule has 3 aromatic rings. The number of esters is 1. The Balaban J connectivity index is 1.96. The molecule has 0 unspecified atom stereocenters. The van der Waals surface area contributed by atoms with E-state index in [1.54, 1.807) is 19.1 Å². The molecule has 0 radical (unpaired) electrons. The van der Waals surface area contributed by atoms with Crippen molar-refractivity contribution in [2.75, 3.05) is 6.61 Å². The number of nitrogens with two attached hydrogens (primary N) is 1. The summed E-state index contributed by atoms with van der Waals surface area (Å²) in [6.07, 6.45) is 0.467. The first-order valence-electron chi connectivity index (χ1n) is 9.46. The molecule has 4 rings (SSSR count). The summed E-state index contributed by atoms with van der Waals surface area (Å²) in [5.41, 5.74) is 5.29. The van der Waals surface area contributed by atoms with Crippen molar-refractivity contribution in [1.82, 2.24) is 9.55 Å². The summed E-state index contributed by atoms with van der Waals surface area (Å²) in [6, 6.07) is 5.76. The maximum Gasteiger partial charge on any atom is 0.347 e. The van der Waals surface area contributed by atoms with Crippen molar-refractivity contribution in [3.63, 3.8) is 0 Å². The van der Waals surface area contributed by atoms with Gasteiger partial charge < -0.3 is 20.3 Å². The largest absolute Gasteiger partial charge is 0.505 e. The first-order chi connectivity index (χ1) is 14.8. The van der Waals surface area contributed by atoms with E-state index in [0.29, 0.717) is 5.56 Å². The predicted octanol–water partition coefficient (Wildman–Crippen LogP) is 1.25. The van der Waals surface area contributed by atoms with Gasteiger partial charge in [0.25, 0.3) is 11.5 Å². The predicted molar refractivity (Wildman–Crippen MR) is 106 cm³/mol. The molecule has 0 bridgehead atoms. The molecular formula is C21H18FN3O6. The molecular weight excluding hydrogens is 409 g/mol. The van der Waals surface area contributed by atoms with Crippen molar-refractivity contribution in [3.05, 3.63) is 63.3 Å². The summed E-state index contributed by atoms with van der Waals surface area (Å²) < 4.78 is 25.0. The Morgan fingerprint density at radius 2 is 2.06 bits per heavy atom. The SMILES string of the molecule is CCOC(=O)c1c(O)c2ncc(Cc3ccc(F)cc3)c3c2n(c1=O)C[C@@H](C(N)=O)O3. The number of nitrogens with zero attached hydrogens (tertiary/aromatic N) is 2. The summed E-state index contributed by atoms with van der Waals surface area (Å²) in [4.78, 5) is 41.4. The molecule has 160 valence electrons. The lowest BCUT2D eigenvalue weighted by Gasteiger charge is -2.28. The second-order valence-electron chi connectivity index (χ2n) is 6.98. The summed E-state index contributed by atoms with van der Waals surface area (Å²) >= 11 is 0. The van der Waals surface area contributed by atoms with E-state index >= 15 is 0 Å². The molecule has 31 heavy (non-hydrogen) atoms. The van der Waals surface area contributed by atoms with Crippen molar-refractivity contribution >= 4 is 22.9 Å². The van der Waals surface area contributed by atoms with E-state index in [4.69, 9.17) is 15.2 Å². The number of hydrogen-bond acceptors (Lipinski definition) is 7. The van der Waals surface area contributed by atoms with Crippen LogP contribution in [-0.4, -0.2) is 39.2 Å². The number of carbonyl (C=O) groups is 2. The van der Waals surface area contributed by atoms with Crippen LogP contribution in [0.25, 0.3) is 11.0 Å². The van der Waals surface area contributed by atoms with Crippen LogP contribution in [0, 0.1) is 5.82 Å². The smallest absolute Gasteiger partial charge is 0.347 e. The molecule has 0 fully saturated rings. The van der Waals surface area contributed by atoms with Crippen molar-refractivity contribution in [3.8, 4) is 11.5 Å². The number of pyridine rings is 2. The lowest BCUT2D eigenvalue weighted by molar-refractivity contribution is -0.125. The molecule has 0 saturated carbocycles. The fourth-order valence-corrected chi connectivity index (χ4v) is 3.54. The molecule has 3 N–H and O–H groups in total. The number of benzene rings is 1. The molecule has 1 aliphatic rings. The fraction of sp³-hybridized carbons (Fsp3) is 0.238. The zero-order chi connectivity index (χ0) is 22.3. The first-order valence-corrected chi connectivity index (χ1v) is 9.46. The van der Waals surface area contributed by atoms with Crippen molar-refractivity contribution in [2.45, 2.75) is 26.0 Å². The van der Waals surface area contributed by atoms with E-state index in [1.807, 2.05) is 0 Å². The number of aromatic nitrogens is 2. The van der Waals surface area contributed by atoms with Crippen molar-refractivity contribution in [1.29, 1.82) is 0 Å². The Hall–Kier alpha value is -3.95. The number of rotatable bonds is 5. The van der Waals surface area contributed by atoms with E-state index in [-0.39, 0.29) is 36.4 Å². The maximum atomic E-state index is 13.2. The van der Waals surface area contributed by atoms with Crippen LogP contribution in [0.1, 0.15) is 28.4 Å². The highest BCUT2D eigenvalue weighted by molar-refractivity contribution is 6.00. The molecule has 0 spiro atoms. The molecule has 2 aromatic heterocycles. The minimum Gasteiger partial charge on any atom is -0.505 e. The van der Waals surface area contributed by atoms with Crippen LogP contribution < -0.4 is 16.0 Å². The van der Waals surface area contributed by atoms with Crippen LogP contribution in [-0.2, 0) is 22.5 Å². The average molecular weight is 427 g/mol. The minimum atomic E-state index is -1.18.